The number of rotatable bonds is 7. The number of H-pyrrole nitrogens is 1. The molecule has 1 aromatic rings. The minimum Gasteiger partial charge on any atom is -0.480 e. The fraction of sp³-hybridized carbons (Fsp3) is 0.643. The lowest BCUT2D eigenvalue weighted by Crippen LogP contribution is -2.47. The van der Waals surface area contributed by atoms with Crippen LogP contribution >= 0.6 is 0 Å². The molecule has 0 saturated heterocycles. The Balaban J connectivity index is 1.71. The molecular formula is C14H22N4O3. The molecule has 1 saturated carbocycles. The maximum absolute atomic E-state index is 11.7. The molecule has 4 N–H and O–H groups in total. The summed E-state index contributed by atoms with van der Waals surface area (Å²) in [5, 5.41) is 14.4. The van der Waals surface area contributed by atoms with E-state index in [0.29, 0.717) is 18.2 Å². The van der Waals surface area contributed by atoms with Crippen molar-refractivity contribution in [3.8, 4) is 0 Å². The first-order valence-electron chi connectivity index (χ1n) is 7.39. The summed E-state index contributed by atoms with van der Waals surface area (Å²) in [5.74, 6) is -0.360. The molecule has 0 unspecified atom stereocenters. The van der Waals surface area contributed by atoms with E-state index in [1.807, 2.05) is 0 Å². The summed E-state index contributed by atoms with van der Waals surface area (Å²) in [6.07, 6.45) is 9.22. The van der Waals surface area contributed by atoms with E-state index in [9.17, 15) is 9.59 Å². The molecule has 0 aromatic carbocycles. The number of imidazole rings is 1. The molecule has 0 bridgehead atoms. The number of urea groups is 1. The van der Waals surface area contributed by atoms with E-state index in [2.05, 4.69) is 20.6 Å². The van der Waals surface area contributed by atoms with Crippen molar-refractivity contribution in [2.45, 2.75) is 44.6 Å². The van der Waals surface area contributed by atoms with Gasteiger partial charge in [-0.3, -0.25) is 0 Å². The fourth-order valence-corrected chi connectivity index (χ4v) is 2.71. The maximum Gasteiger partial charge on any atom is 0.326 e. The van der Waals surface area contributed by atoms with Gasteiger partial charge in [-0.15, -0.1) is 0 Å². The van der Waals surface area contributed by atoms with Crippen molar-refractivity contribution >= 4 is 12.0 Å². The third-order valence-electron chi connectivity index (χ3n) is 3.90. The van der Waals surface area contributed by atoms with E-state index in [1.54, 1.807) is 6.20 Å². The van der Waals surface area contributed by atoms with Crippen molar-refractivity contribution < 1.29 is 14.7 Å². The Bertz CT molecular complexity index is 455. The zero-order valence-corrected chi connectivity index (χ0v) is 12.0. The van der Waals surface area contributed by atoms with Gasteiger partial charge in [0, 0.05) is 24.9 Å². The number of nitrogens with zero attached hydrogens (tertiary/aromatic N) is 1. The molecule has 21 heavy (non-hydrogen) atoms. The number of hydrogen-bond donors (Lipinski definition) is 4. The van der Waals surface area contributed by atoms with Crippen LogP contribution in [0.4, 0.5) is 4.79 Å². The Kier molecular flexibility index (Phi) is 5.59. The molecule has 1 aliphatic carbocycles. The van der Waals surface area contributed by atoms with Crippen LogP contribution in [0, 0.1) is 5.92 Å². The van der Waals surface area contributed by atoms with Crippen molar-refractivity contribution in [1.82, 2.24) is 20.6 Å². The molecule has 1 atom stereocenters. The summed E-state index contributed by atoms with van der Waals surface area (Å²) >= 11 is 0. The zero-order valence-electron chi connectivity index (χ0n) is 12.0. The molecule has 0 spiro atoms. The number of carbonyl (C=O) groups excluding carboxylic acids is 1. The van der Waals surface area contributed by atoms with Gasteiger partial charge in [-0.2, -0.15) is 0 Å². The Morgan fingerprint density at radius 2 is 2.19 bits per heavy atom. The number of aromatic nitrogens is 2. The summed E-state index contributed by atoms with van der Waals surface area (Å²) in [7, 11) is 0. The Hall–Kier alpha value is -2.05. The van der Waals surface area contributed by atoms with Crippen LogP contribution in [-0.2, 0) is 11.2 Å². The molecule has 7 nitrogen and oxygen atoms in total. The van der Waals surface area contributed by atoms with Crippen molar-refractivity contribution in [3.63, 3.8) is 0 Å². The number of aliphatic carboxylic acids is 1. The van der Waals surface area contributed by atoms with Crippen molar-refractivity contribution in [1.29, 1.82) is 0 Å². The number of carboxylic acids is 1. The van der Waals surface area contributed by atoms with Gasteiger partial charge in [0.25, 0.3) is 0 Å². The second-order valence-electron chi connectivity index (χ2n) is 5.51. The lowest BCUT2D eigenvalue weighted by atomic mass is 10.0. The standard InChI is InChI=1S/C14H22N4O3/c19-13(20)12(7-11-8-15-9-17-11)18-14(21)16-6-5-10-3-1-2-4-10/h8-10,12H,1-7H2,(H,15,17)(H,19,20)(H2,16,18,21)/t12-/m0/s1. The van der Waals surface area contributed by atoms with Crippen LogP contribution in [0.5, 0.6) is 0 Å². The largest absolute Gasteiger partial charge is 0.480 e. The van der Waals surface area contributed by atoms with E-state index in [4.69, 9.17) is 5.11 Å². The van der Waals surface area contributed by atoms with Gasteiger partial charge in [0.05, 0.1) is 6.33 Å². The first-order chi connectivity index (χ1) is 10.1. The third-order valence-corrected chi connectivity index (χ3v) is 3.90. The monoisotopic (exact) mass is 294 g/mol. The number of hydrogen-bond acceptors (Lipinski definition) is 3. The van der Waals surface area contributed by atoms with Gasteiger partial charge in [-0.25, -0.2) is 14.6 Å². The summed E-state index contributed by atoms with van der Waals surface area (Å²) in [6, 6.07) is -1.39. The Morgan fingerprint density at radius 1 is 1.43 bits per heavy atom. The van der Waals surface area contributed by atoms with Crippen LogP contribution in [0.2, 0.25) is 0 Å². The van der Waals surface area contributed by atoms with Crippen LogP contribution < -0.4 is 10.6 Å². The smallest absolute Gasteiger partial charge is 0.326 e. The molecule has 0 radical (unpaired) electrons. The van der Waals surface area contributed by atoms with E-state index >= 15 is 0 Å². The molecule has 7 heteroatoms. The van der Waals surface area contributed by atoms with Crippen molar-refractivity contribution in [2.24, 2.45) is 5.92 Å². The number of amides is 2. The Morgan fingerprint density at radius 3 is 2.81 bits per heavy atom. The molecule has 2 rings (SSSR count). The zero-order chi connectivity index (χ0) is 15.1. The van der Waals surface area contributed by atoms with Gasteiger partial charge in [-0.05, 0) is 12.3 Å². The summed E-state index contributed by atoms with van der Waals surface area (Å²) in [5.41, 5.74) is 0.675. The third kappa shape index (κ3) is 5.09. The molecular weight excluding hydrogens is 272 g/mol. The molecule has 0 aliphatic heterocycles. The SMILES string of the molecule is O=C(NCCC1CCCC1)N[C@@H](Cc1cnc[nH]1)C(=O)O. The highest BCUT2D eigenvalue weighted by molar-refractivity contribution is 5.82. The number of aromatic amines is 1. The fourth-order valence-electron chi connectivity index (χ4n) is 2.71. The molecule has 1 fully saturated rings. The summed E-state index contributed by atoms with van der Waals surface area (Å²) in [6.45, 7) is 0.590. The number of carbonyl (C=O) groups is 2. The van der Waals surface area contributed by atoms with Gasteiger partial charge in [-0.1, -0.05) is 25.7 Å². The number of carboxylic acid groups (broad SMARTS) is 1. The molecule has 2 amide bonds. The second-order valence-corrected chi connectivity index (χ2v) is 5.51. The van der Waals surface area contributed by atoms with E-state index < -0.39 is 18.0 Å². The van der Waals surface area contributed by atoms with Crippen molar-refractivity contribution in [2.75, 3.05) is 6.54 Å². The van der Waals surface area contributed by atoms with Gasteiger partial charge in [0.2, 0.25) is 0 Å². The molecule has 1 aliphatic rings. The predicted octanol–water partition coefficient (Wildman–Crippen LogP) is 1.28. The van der Waals surface area contributed by atoms with Crippen LogP contribution in [0.25, 0.3) is 0 Å². The normalized spacial score (nSPS) is 16.6. The van der Waals surface area contributed by atoms with E-state index in [0.717, 1.165) is 6.42 Å². The first-order valence-corrected chi connectivity index (χ1v) is 7.39. The Labute approximate surface area is 123 Å². The minimum atomic E-state index is -1.06. The van der Waals surface area contributed by atoms with E-state index in [1.165, 1.54) is 32.0 Å². The molecule has 1 aromatic heterocycles. The highest BCUT2D eigenvalue weighted by atomic mass is 16.4. The van der Waals surface area contributed by atoms with Gasteiger partial charge in [0.15, 0.2) is 0 Å². The first kappa shape index (κ1) is 15.3. The maximum atomic E-state index is 11.7. The second kappa shape index (κ2) is 7.66. The topological polar surface area (TPSA) is 107 Å². The average molecular weight is 294 g/mol. The summed E-state index contributed by atoms with van der Waals surface area (Å²) in [4.78, 5) is 29.6. The molecule has 1 heterocycles. The predicted molar refractivity (Wildman–Crippen MR) is 76.8 cm³/mol. The highest BCUT2D eigenvalue weighted by Crippen LogP contribution is 2.26. The minimum absolute atomic E-state index is 0.186. The van der Waals surface area contributed by atoms with Gasteiger partial charge >= 0.3 is 12.0 Å². The van der Waals surface area contributed by atoms with Crippen LogP contribution in [0.1, 0.15) is 37.8 Å². The van der Waals surface area contributed by atoms with Crippen LogP contribution in [-0.4, -0.2) is 39.7 Å². The van der Waals surface area contributed by atoms with Gasteiger partial charge < -0.3 is 20.7 Å². The van der Waals surface area contributed by atoms with Crippen LogP contribution in [0.3, 0.4) is 0 Å². The van der Waals surface area contributed by atoms with E-state index in [-0.39, 0.29) is 6.42 Å². The number of nitrogens with one attached hydrogen (secondary N) is 3. The average Bonchev–Trinajstić information content (AvgIpc) is 3.10. The lowest BCUT2D eigenvalue weighted by Gasteiger charge is -2.15. The molecule has 116 valence electrons. The lowest BCUT2D eigenvalue weighted by molar-refractivity contribution is -0.139. The quantitative estimate of drug-likeness (QED) is 0.607. The highest BCUT2D eigenvalue weighted by Gasteiger charge is 2.21. The van der Waals surface area contributed by atoms with Gasteiger partial charge in [0.1, 0.15) is 6.04 Å². The van der Waals surface area contributed by atoms with Crippen molar-refractivity contribution in [3.05, 3.63) is 18.2 Å². The summed E-state index contributed by atoms with van der Waals surface area (Å²) < 4.78 is 0. The van der Waals surface area contributed by atoms with Crippen LogP contribution in [0.15, 0.2) is 12.5 Å².